The number of aliphatic hydroxyl groups excluding tert-OH is 1. The van der Waals surface area contributed by atoms with Crippen LogP contribution in [0.1, 0.15) is 44.9 Å². The van der Waals surface area contributed by atoms with Crippen LogP contribution in [0.4, 0.5) is 0 Å². The summed E-state index contributed by atoms with van der Waals surface area (Å²) in [5.41, 5.74) is -0.318. The van der Waals surface area contributed by atoms with E-state index >= 15 is 0 Å². The van der Waals surface area contributed by atoms with Gasteiger partial charge in [-0.2, -0.15) is 0 Å². The van der Waals surface area contributed by atoms with Crippen LogP contribution in [-0.4, -0.2) is 36.2 Å². The van der Waals surface area contributed by atoms with Gasteiger partial charge in [0.1, 0.15) is 0 Å². The van der Waals surface area contributed by atoms with Gasteiger partial charge in [0.25, 0.3) is 0 Å². The Labute approximate surface area is 103 Å². The maximum atomic E-state index is 12.0. The lowest BCUT2D eigenvalue weighted by molar-refractivity contribution is -0.125. The monoisotopic (exact) mass is 240 g/mol. The Kier molecular flexibility index (Phi) is 4.40. The molecule has 0 aromatic carbocycles. The predicted octanol–water partition coefficient (Wildman–Crippen LogP) is 0.797. The minimum absolute atomic E-state index is 0.0850. The summed E-state index contributed by atoms with van der Waals surface area (Å²) in [4.78, 5) is 12.0. The molecule has 1 heterocycles. The third kappa shape index (κ3) is 3.42. The van der Waals surface area contributed by atoms with Crippen LogP contribution in [0.2, 0.25) is 0 Å². The number of carbonyl (C=O) groups excluding carboxylic acids is 1. The maximum Gasteiger partial charge on any atom is 0.220 e. The predicted molar refractivity (Wildman–Crippen MR) is 66.6 cm³/mol. The number of rotatable bonds is 4. The second kappa shape index (κ2) is 5.83. The largest absolute Gasteiger partial charge is 0.394 e. The molecule has 1 saturated carbocycles. The fraction of sp³-hybridized carbons (Fsp3) is 0.923. The van der Waals surface area contributed by atoms with Crippen molar-refractivity contribution >= 4 is 5.91 Å². The highest BCUT2D eigenvalue weighted by atomic mass is 16.3. The van der Waals surface area contributed by atoms with E-state index in [1.165, 1.54) is 6.42 Å². The number of aliphatic hydroxyl groups is 1. The van der Waals surface area contributed by atoms with E-state index in [0.29, 0.717) is 12.3 Å². The molecular weight excluding hydrogens is 216 g/mol. The molecule has 1 atom stereocenters. The third-order valence-electron chi connectivity index (χ3n) is 4.15. The average Bonchev–Trinajstić information content (AvgIpc) is 2.83. The molecule has 1 amide bonds. The van der Waals surface area contributed by atoms with Crippen molar-refractivity contribution in [3.8, 4) is 0 Å². The Hall–Kier alpha value is -0.610. The quantitative estimate of drug-likeness (QED) is 0.681. The number of nitrogens with one attached hydrogen (secondary N) is 2. The fourth-order valence-electron chi connectivity index (χ4n) is 3.05. The third-order valence-corrected chi connectivity index (χ3v) is 4.15. The Morgan fingerprint density at radius 1 is 1.35 bits per heavy atom. The van der Waals surface area contributed by atoms with Crippen molar-refractivity contribution in [3.05, 3.63) is 0 Å². The Morgan fingerprint density at radius 2 is 2.12 bits per heavy atom. The zero-order valence-corrected chi connectivity index (χ0v) is 10.5. The van der Waals surface area contributed by atoms with E-state index in [4.69, 9.17) is 0 Å². The Bertz CT molecular complexity index is 256. The zero-order chi connectivity index (χ0) is 12.1. The molecule has 2 rings (SSSR count). The van der Waals surface area contributed by atoms with Gasteiger partial charge in [0.05, 0.1) is 12.1 Å². The lowest BCUT2D eigenvalue weighted by Gasteiger charge is -2.36. The topological polar surface area (TPSA) is 61.4 Å². The van der Waals surface area contributed by atoms with Gasteiger partial charge in [-0.25, -0.2) is 0 Å². The van der Waals surface area contributed by atoms with E-state index in [9.17, 15) is 9.90 Å². The SMILES string of the molecule is O=C(CC1CCNC1)NC1(CO)CCCCC1. The van der Waals surface area contributed by atoms with Crippen LogP contribution in [0.5, 0.6) is 0 Å². The first-order valence-electron chi connectivity index (χ1n) is 6.87. The van der Waals surface area contributed by atoms with Crippen LogP contribution in [0.3, 0.4) is 0 Å². The van der Waals surface area contributed by atoms with E-state index in [-0.39, 0.29) is 18.1 Å². The van der Waals surface area contributed by atoms with E-state index in [1.807, 2.05) is 0 Å². The van der Waals surface area contributed by atoms with Crippen LogP contribution in [0.25, 0.3) is 0 Å². The van der Waals surface area contributed by atoms with E-state index in [0.717, 1.165) is 45.2 Å². The molecule has 0 radical (unpaired) electrons. The summed E-state index contributed by atoms with van der Waals surface area (Å²) in [5.74, 6) is 0.601. The summed E-state index contributed by atoms with van der Waals surface area (Å²) in [6.45, 7) is 2.07. The minimum atomic E-state index is -0.318. The average molecular weight is 240 g/mol. The molecule has 0 aromatic rings. The van der Waals surface area contributed by atoms with Gasteiger partial charge in [-0.15, -0.1) is 0 Å². The maximum absolute atomic E-state index is 12.0. The van der Waals surface area contributed by atoms with Crippen LogP contribution >= 0.6 is 0 Å². The van der Waals surface area contributed by atoms with Gasteiger partial charge < -0.3 is 15.7 Å². The highest BCUT2D eigenvalue weighted by Crippen LogP contribution is 2.28. The standard InChI is InChI=1S/C13H24N2O2/c16-10-13(5-2-1-3-6-13)15-12(17)8-11-4-7-14-9-11/h11,14,16H,1-10H2,(H,15,17). The molecule has 4 nitrogen and oxygen atoms in total. The zero-order valence-electron chi connectivity index (χ0n) is 10.5. The first-order valence-corrected chi connectivity index (χ1v) is 6.87. The highest BCUT2D eigenvalue weighted by molar-refractivity contribution is 5.77. The molecule has 1 aliphatic heterocycles. The molecule has 4 heteroatoms. The van der Waals surface area contributed by atoms with Gasteiger partial charge in [0, 0.05) is 6.42 Å². The molecule has 0 aromatic heterocycles. The molecule has 2 fully saturated rings. The molecule has 1 saturated heterocycles. The molecular formula is C13H24N2O2. The summed E-state index contributed by atoms with van der Waals surface area (Å²) in [7, 11) is 0. The van der Waals surface area contributed by atoms with Gasteiger partial charge in [-0.3, -0.25) is 4.79 Å². The molecule has 0 bridgehead atoms. The van der Waals surface area contributed by atoms with Crippen molar-refractivity contribution in [1.29, 1.82) is 0 Å². The molecule has 1 aliphatic carbocycles. The smallest absolute Gasteiger partial charge is 0.220 e. The van der Waals surface area contributed by atoms with Crippen molar-refractivity contribution in [3.63, 3.8) is 0 Å². The van der Waals surface area contributed by atoms with Gasteiger partial charge >= 0.3 is 0 Å². The van der Waals surface area contributed by atoms with E-state index in [2.05, 4.69) is 10.6 Å². The lowest BCUT2D eigenvalue weighted by Crippen LogP contribution is -2.52. The van der Waals surface area contributed by atoms with Crippen molar-refractivity contribution in [2.75, 3.05) is 19.7 Å². The Morgan fingerprint density at radius 3 is 2.71 bits per heavy atom. The van der Waals surface area contributed by atoms with Crippen LogP contribution in [-0.2, 0) is 4.79 Å². The Balaban J connectivity index is 1.82. The first kappa shape index (κ1) is 12.8. The molecule has 17 heavy (non-hydrogen) atoms. The molecule has 98 valence electrons. The number of amides is 1. The van der Waals surface area contributed by atoms with Crippen molar-refractivity contribution in [1.82, 2.24) is 10.6 Å². The summed E-state index contributed by atoms with van der Waals surface area (Å²) in [6.07, 6.45) is 7.02. The van der Waals surface area contributed by atoms with Crippen LogP contribution in [0.15, 0.2) is 0 Å². The number of hydrogen-bond donors (Lipinski definition) is 3. The second-order valence-corrected chi connectivity index (χ2v) is 5.61. The summed E-state index contributed by atoms with van der Waals surface area (Å²) in [5, 5.41) is 15.9. The highest BCUT2D eigenvalue weighted by Gasteiger charge is 2.33. The second-order valence-electron chi connectivity index (χ2n) is 5.61. The van der Waals surface area contributed by atoms with Gasteiger partial charge in [0.2, 0.25) is 5.91 Å². The number of hydrogen-bond acceptors (Lipinski definition) is 3. The number of carbonyl (C=O) groups is 1. The van der Waals surface area contributed by atoms with E-state index < -0.39 is 0 Å². The lowest BCUT2D eigenvalue weighted by atomic mass is 9.82. The van der Waals surface area contributed by atoms with Crippen molar-refractivity contribution < 1.29 is 9.90 Å². The fourth-order valence-corrected chi connectivity index (χ4v) is 3.05. The molecule has 3 N–H and O–H groups in total. The van der Waals surface area contributed by atoms with Crippen molar-refractivity contribution in [2.24, 2.45) is 5.92 Å². The summed E-state index contributed by atoms with van der Waals surface area (Å²) in [6, 6.07) is 0. The van der Waals surface area contributed by atoms with Gasteiger partial charge in [0.15, 0.2) is 0 Å². The van der Waals surface area contributed by atoms with Crippen LogP contribution in [0, 0.1) is 5.92 Å². The molecule has 0 spiro atoms. The van der Waals surface area contributed by atoms with Crippen molar-refractivity contribution in [2.45, 2.75) is 50.5 Å². The van der Waals surface area contributed by atoms with E-state index in [1.54, 1.807) is 0 Å². The normalized spacial score (nSPS) is 27.9. The van der Waals surface area contributed by atoms with Gasteiger partial charge in [-0.05, 0) is 38.3 Å². The van der Waals surface area contributed by atoms with Gasteiger partial charge in [-0.1, -0.05) is 19.3 Å². The summed E-state index contributed by atoms with van der Waals surface area (Å²) < 4.78 is 0. The van der Waals surface area contributed by atoms with Crippen LogP contribution < -0.4 is 10.6 Å². The minimum Gasteiger partial charge on any atom is -0.394 e. The molecule has 1 unspecified atom stereocenters. The summed E-state index contributed by atoms with van der Waals surface area (Å²) >= 11 is 0. The first-order chi connectivity index (χ1) is 8.24. The molecule has 2 aliphatic rings.